The van der Waals surface area contributed by atoms with Crippen LogP contribution in [0.1, 0.15) is 37.6 Å². The van der Waals surface area contributed by atoms with Crippen molar-refractivity contribution in [3.05, 3.63) is 29.8 Å². The topological polar surface area (TPSA) is 80.3 Å². The van der Waals surface area contributed by atoms with E-state index >= 15 is 0 Å². The average Bonchev–Trinajstić information content (AvgIpc) is 2.44. The van der Waals surface area contributed by atoms with Crippen molar-refractivity contribution in [3.63, 3.8) is 0 Å². The van der Waals surface area contributed by atoms with Gasteiger partial charge in [0, 0.05) is 18.5 Å². The number of carbonyl (C=O) groups excluding carboxylic acids is 2. The van der Waals surface area contributed by atoms with E-state index in [1.165, 1.54) is 24.3 Å². The van der Waals surface area contributed by atoms with Crippen LogP contribution in [-0.2, 0) is 14.6 Å². The Morgan fingerprint density at radius 1 is 1.14 bits per heavy atom. The van der Waals surface area contributed by atoms with Crippen LogP contribution in [0.5, 0.6) is 0 Å². The molecular weight excluding hydrogens is 290 g/mol. The van der Waals surface area contributed by atoms with E-state index in [2.05, 4.69) is 5.32 Å². The highest BCUT2D eigenvalue weighted by molar-refractivity contribution is 7.92. The second kappa shape index (κ2) is 7.36. The summed E-state index contributed by atoms with van der Waals surface area (Å²) >= 11 is 0. The Morgan fingerprint density at radius 3 is 2.19 bits per heavy atom. The highest BCUT2D eigenvalue weighted by Crippen LogP contribution is 2.13. The Labute approximate surface area is 125 Å². The second-order valence-electron chi connectivity index (χ2n) is 5.26. The molecule has 0 bridgehead atoms. The van der Waals surface area contributed by atoms with Gasteiger partial charge in [-0.3, -0.25) is 9.59 Å². The summed E-state index contributed by atoms with van der Waals surface area (Å²) in [5.41, 5.74) is 0.473. The van der Waals surface area contributed by atoms with Gasteiger partial charge < -0.3 is 5.32 Å². The van der Waals surface area contributed by atoms with Gasteiger partial charge in [-0.15, -0.1) is 0 Å². The number of sulfone groups is 1. The van der Waals surface area contributed by atoms with Crippen molar-refractivity contribution in [1.29, 1.82) is 0 Å². The van der Waals surface area contributed by atoms with Gasteiger partial charge in [-0.25, -0.2) is 8.42 Å². The van der Waals surface area contributed by atoms with E-state index < -0.39 is 21.5 Å². The van der Waals surface area contributed by atoms with Crippen LogP contribution in [0.25, 0.3) is 0 Å². The fourth-order valence-electron chi connectivity index (χ4n) is 1.68. The van der Waals surface area contributed by atoms with E-state index in [1.807, 2.05) is 13.8 Å². The van der Waals surface area contributed by atoms with Gasteiger partial charge in [-0.1, -0.05) is 32.9 Å². The number of carbonyl (C=O) groups is 2. The first-order chi connectivity index (χ1) is 9.76. The van der Waals surface area contributed by atoms with Gasteiger partial charge in [0.2, 0.25) is 5.91 Å². The molecule has 1 aromatic carbocycles. The molecule has 0 saturated heterocycles. The predicted molar refractivity (Wildman–Crippen MR) is 81.0 cm³/mol. The van der Waals surface area contributed by atoms with Gasteiger partial charge in [-0.2, -0.15) is 0 Å². The molecular formula is C15H21NO4S. The molecule has 0 saturated carbocycles. The zero-order valence-corrected chi connectivity index (χ0v) is 13.4. The lowest BCUT2D eigenvalue weighted by Gasteiger charge is -2.08. The molecule has 0 fully saturated rings. The molecule has 0 heterocycles. The molecule has 0 aliphatic rings. The van der Waals surface area contributed by atoms with Crippen LogP contribution in [-0.4, -0.2) is 32.4 Å². The van der Waals surface area contributed by atoms with E-state index in [0.717, 1.165) is 0 Å². The van der Waals surface area contributed by atoms with Gasteiger partial charge in [0.15, 0.2) is 15.6 Å². The van der Waals surface area contributed by atoms with E-state index in [0.29, 0.717) is 18.5 Å². The molecule has 0 aliphatic carbocycles. The third kappa shape index (κ3) is 5.30. The Morgan fingerprint density at radius 2 is 1.71 bits per heavy atom. The molecule has 0 aromatic heterocycles. The van der Waals surface area contributed by atoms with Gasteiger partial charge in [0.25, 0.3) is 0 Å². The lowest BCUT2D eigenvalue weighted by molar-refractivity contribution is -0.118. The predicted octanol–water partition coefficient (Wildman–Crippen LogP) is 1.83. The number of hydrogen-bond acceptors (Lipinski definition) is 4. The van der Waals surface area contributed by atoms with Crippen LogP contribution >= 0.6 is 0 Å². The van der Waals surface area contributed by atoms with Crippen molar-refractivity contribution in [2.24, 2.45) is 5.92 Å². The molecule has 0 unspecified atom stereocenters. The second-order valence-corrected chi connectivity index (χ2v) is 7.25. The molecule has 21 heavy (non-hydrogen) atoms. The number of amides is 1. The molecule has 1 N–H and O–H groups in total. The largest absolute Gasteiger partial charge is 0.355 e. The Bertz CT molecular complexity index is 603. The number of nitrogens with one attached hydrogen (secondary N) is 1. The maximum absolute atomic E-state index is 12.1. The summed E-state index contributed by atoms with van der Waals surface area (Å²) in [6.45, 7) is 6.04. The van der Waals surface area contributed by atoms with E-state index in [4.69, 9.17) is 0 Å². The molecule has 1 amide bonds. The highest BCUT2D eigenvalue weighted by atomic mass is 32.2. The standard InChI is InChI=1S/C15H21NO4S/c1-4-14(17)12-5-7-13(8-6-12)21(19,20)10-15(18)16-9-11(2)3/h5-8,11H,4,9-10H2,1-3H3,(H,16,18). The lowest BCUT2D eigenvalue weighted by Crippen LogP contribution is -2.32. The van der Waals surface area contributed by atoms with Gasteiger partial charge >= 0.3 is 0 Å². The summed E-state index contributed by atoms with van der Waals surface area (Å²) in [4.78, 5) is 23.2. The summed E-state index contributed by atoms with van der Waals surface area (Å²) in [5, 5.41) is 2.57. The van der Waals surface area contributed by atoms with Crippen LogP contribution in [0.3, 0.4) is 0 Å². The summed E-state index contributed by atoms with van der Waals surface area (Å²) in [6, 6.07) is 5.69. The van der Waals surface area contributed by atoms with Crippen molar-refractivity contribution in [2.75, 3.05) is 12.3 Å². The summed E-state index contributed by atoms with van der Waals surface area (Å²) < 4.78 is 24.2. The Hall–Kier alpha value is -1.69. The fraction of sp³-hybridized carbons (Fsp3) is 0.467. The molecule has 1 rings (SSSR count). The molecule has 0 aliphatic heterocycles. The molecule has 116 valence electrons. The van der Waals surface area contributed by atoms with Crippen LogP contribution in [0, 0.1) is 5.92 Å². The summed E-state index contributed by atoms with van der Waals surface area (Å²) in [5.74, 6) is -0.886. The maximum atomic E-state index is 12.1. The van der Waals surface area contributed by atoms with E-state index in [-0.39, 0.29) is 16.6 Å². The van der Waals surface area contributed by atoms with Crippen LogP contribution < -0.4 is 5.32 Å². The van der Waals surface area contributed by atoms with Gasteiger partial charge in [0.1, 0.15) is 5.75 Å². The van der Waals surface area contributed by atoms with Gasteiger partial charge in [0.05, 0.1) is 4.90 Å². The maximum Gasteiger partial charge on any atom is 0.235 e. The molecule has 6 heteroatoms. The smallest absolute Gasteiger partial charge is 0.235 e. The first-order valence-electron chi connectivity index (χ1n) is 6.89. The van der Waals surface area contributed by atoms with Crippen molar-refractivity contribution < 1.29 is 18.0 Å². The highest BCUT2D eigenvalue weighted by Gasteiger charge is 2.19. The quantitative estimate of drug-likeness (QED) is 0.779. The van der Waals surface area contributed by atoms with Crippen molar-refractivity contribution >= 4 is 21.5 Å². The lowest BCUT2D eigenvalue weighted by atomic mass is 10.1. The van der Waals surface area contributed by atoms with Crippen LogP contribution in [0.15, 0.2) is 29.2 Å². The van der Waals surface area contributed by atoms with E-state index in [9.17, 15) is 18.0 Å². The summed E-state index contributed by atoms with van der Waals surface area (Å²) in [6.07, 6.45) is 0.365. The first-order valence-corrected chi connectivity index (χ1v) is 8.54. The summed E-state index contributed by atoms with van der Waals surface area (Å²) in [7, 11) is -3.68. The first kappa shape index (κ1) is 17.4. The Balaban J connectivity index is 2.79. The number of rotatable bonds is 7. The minimum absolute atomic E-state index is 0.0476. The van der Waals surface area contributed by atoms with E-state index in [1.54, 1.807) is 6.92 Å². The third-order valence-electron chi connectivity index (χ3n) is 2.89. The number of Topliss-reactive ketones (excluding diaryl/α,β-unsaturated/α-hetero) is 1. The minimum Gasteiger partial charge on any atom is -0.355 e. The molecule has 0 radical (unpaired) electrons. The zero-order valence-electron chi connectivity index (χ0n) is 12.5. The average molecular weight is 311 g/mol. The fourth-order valence-corrected chi connectivity index (χ4v) is 2.84. The third-order valence-corrected chi connectivity index (χ3v) is 4.52. The van der Waals surface area contributed by atoms with Gasteiger partial charge in [-0.05, 0) is 18.1 Å². The molecule has 5 nitrogen and oxygen atoms in total. The SMILES string of the molecule is CCC(=O)c1ccc(S(=O)(=O)CC(=O)NCC(C)C)cc1. The molecule has 1 aromatic rings. The number of hydrogen-bond donors (Lipinski definition) is 1. The normalized spacial score (nSPS) is 11.4. The monoisotopic (exact) mass is 311 g/mol. The zero-order chi connectivity index (χ0) is 16.0. The van der Waals surface area contributed by atoms with Crippen molar-refractivity contribution in [2.45, 2.75) is 32.1 Å². The van der Waals surface area contributed by atoms with Crippen LogP contribution in [0.4, 0.5) is 0 Å². The molecule has 0 spiro atoms. The molecule has 0 atom stereocenters. The minimum atomic E-state index is -3.68. The number of ketones is 1. The Kier molecular flexibility index (Phi) is 6.08. The van der Waals surface area contributed by atoms with Crippen LogP contribution in [0.2, 0.25) is 0 Å². The van der Waals surface area contributed by atoms with Crippen molar-refractivity contribution in [1.82, 2.24) is 5.32 Å². The van der Waals surface area contributed by atoms with Crippen molar-refractivity contribution in [3.8, 4) is 0 Å². The number of benzene rings is 1.